The van der Waals surface area contributed by atoms with E-state index in [1.54, 1.807) is 24.3 Å². The van der Waals surface area contributed by atoms with Crippen molar-refractivity contribution in [1.82, 2.24) is 14.1 Å². The number of carbonyl (C=O) groups excluding carboxylic acids is 1. The third-order valence-electron chi connectivity index (χ3n) is 6.20. The molecule has 0 N–H and O–H groups in total. The smallest absolute Gasteiger partial charge is 0.243 e. The molecule has 0 saturated carbocycles. The van der Waals surface area contributed by atoms with Gasteiger partial charge in [0.05, 0.1) is 4.90 Å². The van der Waals surface area contributed by atoms with Gasteiger partial charge in [0.1, 0.15) is 0 Å². The predicted molar refractivity (Wildman–Crippen MR) is 141 cm³/mol. The third-order valence-corrected chi connectivity index (χ3v) is 8.59. The quantitative estimate of drug-likeness (QED) is 0.393. The molecule has 1 amide bonds. The second-order valence-corrected chi connectivity index (χ2v) is 11.5. The van der Waals surface area contributed by atoms with Gasteiger partial charge in [-0.15, -0.1) is 0 Å². The van der Waals surface area contributed by atoms with E-state index in [-0.39, 0.29) is 30.3 Å². The Morgan fingerprint density at radius 1 is 0.800 bits per heavy atom. The van der Waals surface area contributed by atoms with Gasteiger partial charge in [0.15, 0.2) is 0 Å². The number of nitrogens with zero attached hydrogens (tertiary/aromatic N) is 3. The Bertz CT molecular complexity index is 1200. The highest BCUT2D eigenvalue weighted by molar-refractivity contribution is 9.10. The van der Waals surface area contributed by atoms with Crippen LogP contribution in [-0.4, -0.2) is 61.2 Å². The first-order valence-corrected chi connectivity index (χ1v) is 14.0. The lowest BCUT2D eigenvalue weighted by atomic mass is 10.2. The highest BCUT2D eigenvalue weighted by Gasteiger charge is 2.27. The Labute approximate surface area is 216 Å². The van der Waals surface area contributed by atoms with E-state index in [4.69, 9.17) is 0 Å². The number of hydrogen-bond acceptors (Lipinski definition) is 4. The summed E-state index contributed by atoms with van der Waals surface area (Å²) in [4.78, 5) is 17.4. The van der Waals surface area contributed by atoms with Gasteiger partial charge < -0.3 is 4.90 Å². The van der Waals surface area contributed by atoms with Crippen molar-refractivity contribution in [2.24, 2.45) is 0 Å². The lowest BCUT2D eigenvalue weighted by Gasteiger charge is -2.35. The molecule has 1 saturated heterocycles. The van der Waals surface area contributed by atoms with Crippen molar-refractivity contribution < 1.29 is 13.2 Å². The maximum absolute atomic E-state index is 13.4. The van der Waals surface area contributed by atoms with E-state index < -0.39 is 10.0 Å². The van der Waals surface area contributed by atoms with Crippen LogP contribution >= 0.6 is 15.9 Å². The molecule has 0 atom stereocenters. The minimum atomic E-state index is -3.75. The molecule has 3 aromatic carbocycles. The van der Waals surface area contributed by atoms with Gasteiger partial charge in [-0.2, -0.15) is 4.31 Å². The summed E-state index contributed by atoms with van der Waals surface area (Å²) in [6.07, 6.45) is 0.154. The van der Waals surface area contributed by atoms with Crippen LogP contribution in [0.1, 0.15) is 17.5 Å². The molecule has 0 spiro atoms. The number of piperazine rings is 1. The van der Waals surface area contributed by atoms with Crippen LogP contribution in [0.5, 0.6) is 0 Å². The number of sulfonamides is 1. The van der Waals surface area contributed by atoms with Crippen molar-refractivity contribution in [3.63, 3.8) is 0 Å². The Hall–Kier alpha value is -2.52. The van der Waals surface area contributed by atoms with Gasteiger partial charge in [-0.3, -0.25) is 9.69 Å². The molecule has 0 aromatic heterocycles. The van der Waals surface area contributed by atoms with Crippen molar-refractivity contribution in [2.75, 3.05) is 32.7 Å². The van der Waals surface area contributed by atoms with Crippen LogP contribution in [0.15, 0.2) is 94.3 Å². The summed E-state index contributed by atoms with van der Waals surface area (Å²) in [5.74, 6) is -0.00608. The van der Waals surface area contributed by atoms with Crippen molar-refractivity contribution in [3.05, 3.63) is 101 Å². The van der Waals surface area contributed by atoms with Crippen LogP contribution in [0.25, 0.3) is 0 Å². The van der Waals surface area contributed by atoms with E-state index in [9.17, 15) is 13.2 Å². The highest BCUT2D eigenvalue weighted by Crippen LogP contribution is 2.21. The lowest BCUT2D eigenvalue weighted by molar-refractivity contribution is -0.133. The zero-order chi connectivity index (χ0) is 24.7. The van der Waals surface area contributed by atoms with Crippen molar-refractivity contribution in [1.29, 1.82) is 0 Å². The average molecular weight is 557 g/mol. The third kappa shape index (κ3) is 7.01. The molecule has 35 heavy (non-hydrogen) atoms. The van der Waals surface area contributed by atoms with E-state index in [0.29, 0.717) is 13.1 Å². The standard InChI is InChI=1S/C27H30BrN3O3S/c28-25-11-13-26(14-12-25)35(33,34)31(22-24-9-5-2-6-10-24)16-15-27(32)30-19-17-29(18-20-30)21-23-7-3-1-4-8-23/h1-14H,15-22H2. The van der Waals surface area contributed by atoms with E-state index in [0.717, 1.165) is 29.7 Å². The van der Waals surface area contributed by atoms with Gasteiger partial charge in [0.2, 0.25) is 15.9 Å². The molecule has 1 fully saturated rings. The normalized spacial score (nSPS) is 14.9. The van der Waals surface area contributed by atoms with Gasteiger partial charge in [0.25, 0.3) is 0 Å². The molecular weight excluding hydrogens is 526 g/mol. The Kier molecular flexibility index (Phi) is 8.73. The Morgan fingerprint density at radius 2 is 1.37 bits per heavy atom. The fourth-order valence-electron chi connectivity index (χ4n) is 4.20. The second kappa shape index (κ2) is 11.9. The van der Waals surface area contributed by atoms with E-state index in [1.807, 2.05) is 53.4 Å². The number of amides is 1. The molecule has 1 aliphatic rings. The van der Waals surface area contributed by atoms with Crippen LogP contribution in [0.2, 0.25) is 0 Å². The molecule has 1 aliphatic heterocycles. The van der Waals surface area contributed by atoms with E-state index in [2.05, 4.69) is 33.0 Å². The highest BCUT2D eigenvalue weighted by atomic mass is 79.9. The fourth-order valence-corrected chi connectivity index (χ4v) is 5.90. The van der Waals surface area contributed by atoms with Gasteiger partial charge in [-0.25, -0.2) is 8.42 Å². The van der Waals surface area contributed by atoms with E-state index in [1.165, 1.54) is 9.87 Å². The van der Waals surface area contributed by atoms with Gasteiger partial charge >= 0.3 is 0 Å². The predicted octanol–water partition coefficient (Wildman–Crippen LogP) is 4.37. The van der Waals surface area contributed by atoms with Gasteiger partial charge in [-0.1, -0.05) is 76.6 Å². The topological polar surface area (TPSA) is 60.9 Å². The molecule has 4 rings (SSSR count). The fraction of sp³-hybridized carbons (Fsp3) is 0.296. The van der Waals surface area contributed by atoms with Crippen molar-refractivity contribution in [3.8, 4) is 0 Å². The molecule has 0 unspecified atom stereocenters. The average Bonchev–Trinajstić information content (AvgIpc) is 2.88. The lowest BCUT2D eigenvalue weighted by Crippen LogP contribution is -2.48. The summed E-state index contributed by atoms with van der Waals surface area (Å²) in [5.41, 5.74) is 2.15. The largest absolute Gasteiger partial charge is 0.340 e. The first-order chi connectivity index (χ1) is 16.9. The minimum Gasteiger partial charge on any atom is -0.340 e. The first-order valence-electron chi connectivity index (χ1n) is 11.8. The zero-order valence-electron chi connectivity index (χ0n) is 19.6. The molecule has 8 heteroatoms. The second-order valence-electron chi connectivity index (χ2n) is 8.67. The maximum Gasteiger partial charge on any atom is 0.243 e. The van der Waals surface area contributed by atoms with Crippen LogP contribution in [0.4, 0.5) is 0 Å². The van der Waals surface area contributed by atoms with Gasteiger partial charge in [0, 0.05) is 56.7 Å². The SMILES string of the molecule is O=C(CCN(Cc1ccccc1)S(=O)(=O)c1ccc(Br)cc1)N1CCN(Cc2ccccc2)CC1. The summed E-state index contributed by atoms with van der Waals surface area (Å²) in [6, 6.07) is 26.4. The van der Waals surface area contributed by atoms with Crippen LogP contribution in [0.3, 0.4) is 0 Å². The summed E-state index contributed by atoms with van der Waals surface area (Å²) in [7, 11) is -3.75. The summed E-state index contributed by atoms with van der Waals surface area (Å²) in [6.45, 7) is 4.16. The Balaban J connectivity index is 1.38. The molecule has 0 bridgehead atoms. The van der Waals surface area contributed by atoms with Crippen LogP contribution in [-0.2, 0) is 27.9 Å². The molecule has 3 aromatic rings. The molecule has 1 heterocycles. The van der Waals surface area contributed by atoms with Crippen molar-refractivity contribution >= 4 is 31.9 Å². The number of halogens is 1. The van der Waals surface area contributed by atoms with Crippen molar-refractivity contribution in [2.45, 2.75) is 24.4 Å². The molecule has 0 aliphatic carbocycles. The number of carbonyl (C=O) groups is 1. The molecule has 184 valence electrons. The summed E-state index contributed by atoms with van der Waals surface area (Å²) in [5, 5.41) is 0. The number of rotatable bonds is 9. The molecule has 0 radical (unpaired) electrons. The number of hydrogen-bond donors (Lipinski definition) is 0. The first kappa shape index (κ1) is 25.6. The van der Waals surface area contributed by atoms with Crippen LogP contribution < -0.4 is 0 Å². The van der Waals surface area contributed by atoms with Gasteiger partial charge in [-0.05, 0) is 35.4 Å². The minimum absolute atomic E-state index is 0.00608. The molecular formula is C27H30BrN3O3S. The monoisotopic (exact) mass is 555 g/mol. The summed E-state index contributed by atoms with van der Waals surface area (Å²) >= 11 is 3.36. The van der Waals surface area contributed by atoms with Crippen LogP contribution in [0, 0.1) is 0 Å². The summed E-state index contributed by atoms with van der Waals surface area (Å²) < 4.78 is 29.1. The Morgan fingerprint density at radius 3 is 1.97 bits per heavy atom. The number of benzene rings is 3. The zero-order valence-corrected chi connectivity index (χ0v) is 22.0. The molecule has 6 nitrogen and oxygen atoms in total. The maximum atomic E-state index is 13.4. The van der Waals surface area contributed by atoms with E-state index >= 15 is 0 Å².